The molecule has 1 heterocycles. The van der Waals surface area contributed by atoms with Crippen molar-refractivity contribution in [2.24, 2.45) is 0 Å². The molecule has 1 aromatic carbocycles. The molecule has 12 nitrogen and oxygen atoms in total. The fourth-order valence-corrected chi connectivity index (χ4v) is 3.49. The average molecular weight is 562 g/mol. The number of benzene rings is 1. The van der Waals surface area contributed by atoms with E-state index in [0.717, 1.165) is 4.57 Å². The number of aliphatic carboxylic acids is 1. The van der Waals surface area contributed by atoms with Gasteiger partial charge in [-0.1, -0.05) is 0 Å². The van der Waals surface area contributed by atoms with Crippen molar-refractivity contribution in [3.63, 3.8) is 0 Å². The third-order valence-electron chi connectivity index (χ3n) is 4.91. The third kappa shape index (κ3) is 9.90. The van der Waals surface area contributed by atoms with Crippen molar-refractivity contribution < 1.29 is 43.3 Å². The molecule has 2 rings (SSSR count). The molecule has 0 aliphatic heterocycles. The van der Waals surface area contributed by atoms with Crippen LogP contribution in [-0.2, 0) is 23.8 Å². The van der Waals surface area contributed by atoms with Crippen molar-refractivity contribution in [1.82, 2.24) is 9.88 Å². The van der Waals surface area contributed by atoms with E-state index in [9.17, 15) is 24.0 Å². The van der Waals surface area contributed by atoms with Gasteiger partial charge in [0.25, 0.3) is 0 Å². The average Bonchev–Trinajstić information content (AvgIpc) is 3.12. The number of aromatic nitrogens is 1. The van der Waals surface area contributed by atoms with E-state index in [4.69, 9.17) is 19.3 Å². The monoisotopic (exact) mass is 561 g/mol. The number of hydrogen-bond acceptors (Lipinski definition) is 8. The van der Waals surface area contributed by atoms with Crippen LogP contribution in [0.5, 0.6) is 0 Å². The van der Waals surface area contributed by atoms with Gasteiger partial charge in [-0.2, -0.15) is 0 Å². The summed E-state index contributed by atoms with van der Waals surface area (Å²) in [4.78, 5) is 62.5. The van der Waals surface area contributed by atoms with Crippen molar-refractivity contribution in [2.45, 2.75) is 98.0 Å². The topological polar surface area (TPSA) is 162 Å². The number of fused-ring (bicyclic) bond motifs is 1. The van der Waals surface area contributed by atoms with Gasteiger partial charge < -0.3 is 30.0 Å². The first-order valence-electron chi connectivity index (χ1n) is 12.8. The number of carboxylic acid groups (broad SMARTS) is 1. The van der Waals surface area contributed by atoms with Crippen LogP contribution in [0, 0.1) is 0 Å². The zero-order valence-corrected chi connectivity index (χ0v) is 24.5. The summed E-state index contributed by atoms with van der Waals surface area (Å²) in [6.07, 6.45) is -2.20. The van der Waals surface area contributed by atoms with E-state index in [0.29, 0.717) is 10.9 Å². The fraction of sp³-hybridized carbons (Fsp3) is 0.536. The number of carboxylic acids is 1. The molecule has 0 saturated heterocycles. The normalized spacial score (nSPS) is 12.8. The quantitative estimate of drug-likeness (QED) is 0.309. The molecule has 1 atom stereocenters. The summed E-state index contributed by atoms with van der Waals surface area (Å²) in [5.41, 5.74) is -1.93. The van der Waals surface area contributed by atoms with Gasteiger partial charge in [0.2, 0.25) is 5.91 Å². The van der Waals surface area contributed by atoms with Crippen LogP contribution in [0.3, 0.4) is 0 Å². The van der Waals surface area contributed by atoms with E-state index in [2.05, 4.69) is 10.6 Å². The largest absolute Gasteiger partial charge is 0.481 e. The highest BCUT2D eigenvalue weighted by atomic mass is 16.6. The van der Waals surface area contributed by atoms with E-state index >= 15 is 0 Å². The van der Waals surface area contributed by atoms with Gasteiger partial charge in [0, 0.05) is 17.5 Å². The van der Waals surface area contributed by atoms with Gasteiger partial charge in [-0.25, -0.2) is 19.0 Å². The van der Waals surface area contributed by atoms with Crippen LogP contribution in [0.4, 0.5) is 15.3 Å². The van der Waals surface area contributed by atoms with Gasteiger partial charge in [0.15, 0.2) is 0 Å². The molecule has 0 saturated carbocycles. The summed E-state index contributed by atoms with van der Waals surface area (Å²) >= 11 is 0. The number of rotatable bonds is 7. The molecule has 1 aromatic heterocycles. The van der Waals surface area contributed by atoms with Crippen LogP contribution in [0.25, 0.3) is 10.9 Å². The number of anilines is 1. The molecule has 2 amide bonds. The molecule has 3 N–H and O–H groups in total. The van der Waals surface area contributed by atoms with Gasteiger partial charge in [-0.3, -0.25) is 9.59 Å². The Balaban J connectivity index is 2.43. The van der Waals surface area contributed by atoms with E-state index in [1.54, 1.807) is 62.3 Å². The predicted octanol–water partition coefficient (Wildman–Crippen LogP) is 5.08. The molecule has 12 heteroatoms. The number of esters is 1. The summed E-state index contributed by atoms with van der Waals surface area (Å²) in [7, 11) is 0. The lowest BCUT2D eigenvalue weighted by atomic mass is 10.1. The van der Waals surface area contributed by atoms with Crippen molar-refractivity contribution in [2.75, 3.05) is 5.32 Å². The fourth-order valence-electron chi connectivity index (χ4n) is 3.49. The van der Waals surface area contributed by atoms with Gasteiger partial charge in [-0.15, -0.1) is 0 Å². The van der Waals surface area contributed by atoms with Crippen molar-refractivity contribution >= 4 is 46.6 Å². The highest BCUT2D eigenvalue weighted by Crippen LogP contribution is 2.27. The zero-order valence-electron chi connectivity index (χ0n) is 24.5. The number of alkyl carbamates (subject to hydrolysis) is 1. The Morgan fingerprint density at radius 2 is 1.43 bits per heavy atom. The second-order valence-corrected chi connectivity index (χ2v) is 12.2. The Bertz CT molecular complexity index is 1290. The number of nitrogens with one attached hydrogen (secondary N) is 2. The maximum absolute atomic E-state index is 13.1. The van der Waals surface area contributed by atoms with Gasteiger partial charge in [0.05, 0.1) is 5.52 Å². The second-order valence-electron chi connectivity index (χ2n) is 12.2. The number of carbonyl (C=O) groups is 5. The first-order chi connectivity index (χ1) is 18.1. The molecule has 0 radical (unpaired) electrons. The minimum atomic E-state index is -1.20. The third-order valence-corrected chi connectivity index (χ3v) is 4.91. The SMILES string of the molecule is CC(C)(C)OC(=O)NC(CCC(=O)O)C(=O)Nc1ccc2c(c1)cc(C(=O)OC(C)(C)C)n2C(=O)OC(C)(C)C. The van der Waals surface area contributed by atoms with Crippen molar-refractivity contribution in [3.05, 3.63) is 30.0 Å². The standard InChI is InChI=1S/C28H39N3O9/c1-26(2,3)38-23(35)20-15-16-14-17(10-12-19(16)31(20)25(37)40-28(7,8)9)29-22(34)18(11-13-21(32)33)30-24(36)39-27(4,5)6/h10,12,14-15,18H,11,13H2,1-9H3,(H,29,34)(H,30,36)(H,32,33). The maximum Gasteiger partial charge on any atom is 0.419 e. The lowest BCUT2D eigenvalue weighted by molar-refractivity contribution is -0.137. The molecule has 0 fully saturated rings. The van der Waals surface area contributed by atoms with Crippen LogP contribution in [0.15, 0.2) is 24.3 Å². The molecule has 0 aliphatic rings. The van der Waals surface area contributed by atoms with Gasteiger partial charge >= 0.3 is 24.1 Å². The molecule has 0 spiro atoms. The highest BCUT2D eigenvalue weighted by molar-refractivity contribution is 6.04. The summed E-state index contributed by atoms with van der Waals surface area (Å²) in [6, 6.07) is 4.80. The van der Waals surface area contributed by atoms with E-state index in [-0.39, 0.29) is 24.2 Å². The van der Waals surface area contributed by atoms with E-state index in [1.807, 2.05) is 0 Å². The summed E-state index contributed by atoms with van der Waals surface area (Å²) in [5.74, 6) is -2.55. The Hall–Kier alpha value is -4.09. The maximum atomic E-state index is 13.1. The minimum Gasteiger partial charge on any atom is -0.481 e. The van der Waals surface area contributed by atoms with Crippen LogP contribution < -0.4 is 10.6 Å². The van der Waals surface area contributed by atoms with Crippen LogP contribution in [0.2, 0.25) is 0 Å². The Labute approximate surface area is 233 Å². The highest BCUT2D eigenvalue weighted by Gasteiger charge is 2.29. The summed E-state index contributed by atoms with van der Waals surface area (Å²) in [5, 5.41) is 14.6. The lowest BCUT2D eigenvalue weighted by Crippen LogP contribution is -2.46. The van der Waals surface area contributed by atoms with Crippen LogP contribution in [-0.4, -0.2) is 62.6 Å². The smallest absolute Gasteiger partial charge is 0.419 e. The van der Waals surface area contributed by atoms with Crippen LogP contribution >= 0.6 is 0 Å². The summed E-state index contributed by atoms with van der Waals surface area (Å²) < 4.78 is 17.3. The molecule has 40 heavy (non-hydrogen) atoms. The molecule has 1 unspecified atom stereocenters. The number of carbonyl (C=O) groups excluding carboxylic acids is 4. The molecule has 0 bridgehead atoms. The first-order valence-corrected chi connectivity index (χ1v) is 12.8. The zero-order chi connectivity index (χ0) is 30.6. The molecule has 2 aromatic rings. The minimum absolute atomic E-state index is 0.0615. The van der Waals surface area contributed by atoms with Crippen molar-refractivity contribution in [1.29, 1.82) is 0 Å². The second kappa shape index (κ2) is 12.0. The van der Waals surface area contributed by atoms with Gasteiger partial charge in [-0.05, 0) is 93.0 Å². The van der Waals surface area contributed by atoms with Crippen LogP contribution in [0.1, 0.15) is 85.6 Å². The lowest BCUT2D eigenvalue weighted by Gasteiger charge is -2.23. The van der Waals surface area contributed by atoms with Gasteiger partial charge in [0.1, 0.15) is 28.5 Å². The molecular weight excluding hydrogens is 522 g/mol. The van der Waals surface area contributed by atoms with E-state index in [1.165, 1.54) is 24.3 Å². The Morgan fingerprint density at radius 1 is 0.850 bits per heavy atom. The Morgan fingerprint density at radius 3 is 1.95 bits per heavy atom. The van der Waals surface area contributed by atoms with E-state index < -0.39 is 52.9 Å². The Kier molecular flexibility index (Phi) is 9.61. The molecule has 0 aliphatic carbocycles. The number of amides is 2. The first kappa shape index (κ1) is 32.1. The predicted molar refractivity (Wildman–Crippen MR) is 147 cm³/mol. The number of ether oxygens (including phenoxy) is 3. The molecule has 220 valence electrons. The number of nitrogens with zero attached hydrogens (tertiary/aromatic N) is 1. The number of hydrogen-bond donors (Lipinski definition) is 3. The van der Waals surface area contributed by atoms with Crippen molar-refractivity contribution in [3.8, 4) is 0 Å². The molecular formula is C28H39N3O9. The summed E-state index contributed by atoms with van der Waals surface area (Å²) in [6.45, 7) is 15.2.